The molecule has 0 fully saturated rings. The largest absolute Gasteiger partial charge is 0.487 e. The average molecular weight is 288 g/mol. The number of unbranched alkanes of at least 4 members (excludes halogenated alkanes) is 1. The number of hydrogen-bond donors (Lipinski definition) is 1. The third-order valence-corrected chi connectivity index (χ3v) is 4.43. The van der Waals surface area contributed by atoms with E-state index in [4.69, 9.17) is 9.84 Å². The quantitative estimate of drug-likeness (QED) is 0.879. The van der Waals surface area contributed by atoms with Crippen LogP contribution in [0.2, 0.25) is 0 Å². The van der Waals surface area contributed by atoms with Crippen LogP contribution in [0, 0.1) is 0 Å². The minimum Gasteiger partial charge on any atom is -0.487 e. The molecule has 0 saturated carbocycles. The third kappa shape index (κ3) is 2.37. The van der Waals surface area contributed by atoms with Crippen molar-refractivity contribution < 1.29 is 14.6 Å². The first kappa shape index (κ1) is 13.3. The molecule has 0 bridgehead atoms. The van der Waals surface area contributed by atoms with E-state index in [1.807, 2.05) is 29.6 Å². The van der Waals surface area contributed by atoms with Crippen LogP contribution in [0.25, 0.3) is 0 Å². The summed E-state index contributed by atoms with van der Waals surface area (Å²) in [6.07, 6.45) is 2.49. The number of fused-ring (bicyclic) bond motifs is 2. The summed E-state index contributed by atoms with van der Waals surface area (Å²) in [5, 5.41) is 10.8. The lowest BCUT2D eigenvalue weighted by atomic mass is 9.99. The molecule has 1 aliphatic heterocycles. The van der Waals surface area contributed by atoms with E-state index in [9.17, 15) is 4.79 Å². The second kappa shape index (κ2) is 5.77. The third-order valence-electron chi connectivity index (χ3n) is 3.53. The normalized spacial score (nSPS) is 13.3. The summed E-state index contributed by atoms with van der Waals surface area (Å²) in [5.74, 6) is 0.775. The van der Waals surface area contributed by atoms with Gasteiger partial charge >= 0.3 is 0 Å². The Kier molecular flexibility index (Phi) is 3.85. The summed E-state index contributed by atoms with van der Waals surface area (Å²) in [6.45, 7) is 0.662. The molecule has 3 rings (SSSR count). The van der Waals surface area contributed by atoms with Gasteiger partial charge in [-0.2, -0.15) is 0 Å². The van der Waals surface area contributed by atoms with Crippen molar-refractivity contribution in [3.8, 4) is 5.75 Å². The molecule has 0 spiro atoms. The minimum absolute atomic E-state index is 0.0535. The highest BCUT2D eigenvalue weighted by Crippen LogP contribution is 2.34. The summed E-state index contributed by atoms with van der Waals surface area (Å²) < 4.78 is 5.89. The smallest absolute Gasteiger partial charge is 0.198 e. The number of carbonyl (C=O) groups is 1. The van der Waals surface area contributed by atoms with Gasteiger partial charge in [-0.15, -0.1) is 11.3 Å². The monoisotopic (exact) mass is 288 g/mol. The molecule has 0 amide bonds. The molecule has 0 radical (unpaired) electrons. The molecule has 2 heterocycles. The number of para-hydroxylation sites is 1. The SMILES string of the molecule is O=C1c2ccsc2COc2c(CCCCO)cccc21. The number of aryl methyl sites for hydroxylation is 1. The first-order valence-corrected chi connectivity index (χ1v) is 7.66. The molecular weight excluding hydrogens is 272 g/mol. The van der Waals surface area contributed by atoms with Gasteiger partial charge in [-0.05, 0) is 42.3 Å². The number of thiophene rings is 1. The highest BCUT2D eigenvalue weighted by atomic mass is 32.1. The number of ketones is 1. The Labute approximate surface area is 121 Å². The van der Waals surface area contributed by atoms with Crippen molar-refractivity contribution in [3.63, 3.8) is 0 Å². The van der Waals surface area contributed by atoms with Crippen molar-refractivity contribution in [1.29, 1.82) is 0 Å². The van der Waals surface area contributed by atoms with Gasteiger partial charge in [-0.3, -0.25) is 4.79 Å². The second-order valence-electron chi connectivity index (χ2n) is 4.85. The Morgan fingerprint density at radius 1 is 1.20 bits per heavy atom. The Morgan fingerprint density at radius 3 is 2.95 bits per heavy atom. The Bertz CT molecular complexity index is 630. The fraction of sp³-hybridized carbons (Fsp3) is 0.312. The van der Waals surface area contributed by atoms with E-state index in [1.54, 1.807) is 11.3 Å². The zero-order valence-corrected chi connectivity index (χ0v) is 11.9. The molecule has 0 unspecified atom stereocenters. The molecule has 4 heteroatoms. The standard InChI is InChI=1S/C16H16O3S/c17-8-2-1-4-11-5-3-6-13-15(18)12-7-9-20-14(12)10-19-16(11)13/h3,5-7,9,17H,1-2,4,8,10H2. The number of carbonyl (C=O) groups excluding carboxylic acids is 1. The molecule has 104 valence electrons. The fourth-order valence-corrected chi connectivity index (χ4v) is 3.28. The van der Waals surface area contributed by atoms with Gasteiger partial charge in [-0.25, -0.2) is 0 Å². The van der Waals surface area contributed by atoms with Crippen molar-refractivity contribution in [2.24, 2.45) is 0 Å². The van der Waals surface area contributed by atoms with Crippen LogP contribution in [0.1, 0.15) is 39.2 Å². The van der Waals surface area contributed by atoms with Crippen molar-refractivity contribution in [2.75, 3.05) is 6.61 Å². The van der Waals surface area contributed by atoms with Crippen molar-refractivity contribution in [1.82, 2.24) is 0 Å². The molecule has 3 nitrogen and oxygen atoms in total. The van der Waals surface area contributed by atoms with Crippen LogP contribution in [-0.2, 0) is 13.0 Å². The molecule has 0 atom stereocenters. The predicted molar refractivity (Wildman–Crippen MR) is 78.5 cm³/mol. The Balaban J connectivity index is 1.95. The maximum atomic E-state index is 12.6. The van der Waals surface area contributed by atoms with Crippen LogP contribution in [0.3, 0.4) is 0 Å². The van der Waals surface area contributed by atoms with Crippen molar-refractivity contribution in [2.45, 2.75) is 25.9 Å². The molecule has 20 heavy (non-hydrogen) atoms. The molecule has 0 aliphatic carbocycles. The highest BCUT2D eigenvalue weighted by molar-refractivity contribution is 7.10. The van der Waals surface area contributed by atoms with E-state index in [0.717, 1.165) is 41.0 Å². The van der Waals surface area contributed by atoms with Crippen LogP contribution in [0.4, 0.5) is 0 Å². The van der Waals surface area contributed by atoms with Gasteiger partial charge < -0.3 is 9.84 Å². The lowest BCUT2D eigenvalue weighted by molar-refractivity contribution is 0.103. The van der Waals surface area contributed by atoms with Crippen LogP contribution in [0.15, 0.2) is 29.6 Å². The predicted octanol–water partition coefficient (Wildman–Crippen LogP) is 3.19. The van der Waals surface area contributed by atoms with Gasteiger partial charge in [-0.1, -0.05) is 12.1 Å². The van der Waals surface area contributed by atoms with Crippen molar-refractivity contribution >= 4 is 17.1 Å². The summed E-state index contributed by atoms with van der Waals surface area (Å²) in [6, 6.07) is 7.62. The number of aliphatic hydroxyl groups is 1. The van der Waals surface area contributed by atoms with E-state index in [1.165, 1.54) is 0 Å². The topological polar surface area (TPSA) is 46.5 Å². The lowest BCUT2D eigenvalue weighted by Gasteiger charge is -2.12. The fourth-order valence-electron chi connectivity index (χ4n) is 2.50. The van der Waals surface area contributed by atoms with Gasteiger partial charge in [0, 0.05) is 12.2 Å². The molecule has 1 N–H and O–H groups in total. The van der Waals surface area contributed by atoms with Gasteiger partial charge in [0.25, 0.3) is 0 Å². The van der Waals surface area contributed by atoms with E-state index < -0.39 is 0 Å². The zero-order chi connectivity index (χ0) is 13.9. The highest BCUT2D eigenvalue weighted by Gasteiger charge is 2.24. The van der Waals surface area contributed by atoms with Gasteiger partial charge in [0.2, 0.25) is 0 Å². The molecule has 2 aromatic rings. The average Bonchev–Trinajstić information content (AvgIpc) is 2.88. The van der Waals surface area contributed by atoms with E-state index in [0.29, 0.717) is 12.2 Å². The van der Waals surface area contributed by atoms with Crippen LogP contribution >= 0.6 is 11.3 Å². The number of aliphatic hydroxyl groups excluding tert-OH is 1. The summed E-state index contributed by atoms with van der Waals surface area (Å²) in [4.78, 5) is 13.6. The van der Waals surface area contributed by atoms with Crippen LogP contribution in [-0.4, -0.2) is 17.5 Å². The molecule has 1 aromatic heterocycles. The second-order valence-corrected chi connectivity index (χ2v) is 5.85. The van der Waals surface area contributed by atoms with Gasteiger partial charge in [0.1, 0.15) is 12.4 Å². The first-order valence-electron chi connectivity index (χ1n) is 6.78. The van der Waals surface area contributed by atoms with Crippen molar-refractivity contribution in [3.05, 3.63) is 51.2 Å². The first-order chi connectivity index (χ1) is 9.81. The maximum absolute atomic E-state index is 12.6. The van der Waals surface area contributed by atoms with E-state index in [-0.39, 0.29) is 12.4 Å². The molecule has 0 saturated heterocycles. The van der Waals surface area contributed by atoms with Crippen LogP contribution < -0.4 is 4.74 Å². The summed E-state index contributed by atoms with van der Waals surface area (Å²) in [7, 11) is 0. The molecule has 1 aliphatic rings. The number of rotatable bonds is 4. The number of benzene rings is 1. The number of ether oxygens (including phenoxy) is 1. The lowest BCUT2D eigenvalue weighted by Crippen LogP contribution is -2.02. The Morgan fingerprint density at radius 2 is 2.10 bits per heavy atom. The van der Waals surface area contributed by atoms with Gasteiger partial charge in [0.05, 0.1) is 10.4 Å². The minimum atomic E-state index is 0.0535. The number of hydrogen-bond acceptors (Lipinski definition) is 4. The molecular formula is C16H16O3S. The van der Waals surface area contributed by atoms with Crippen LogP contribution in [0.5, 0.6) is 5.75 Å². The van der Waals surface area contributed by atoms with E-state index in [2.05, 4.69) is 0 Å². The molecule has 1 aromatic carbocycles. The maximum Gasteiger partial charge on any atom is 0.198 e. The Hall–Kier alpha value is -1.65. The summed E-state index contributed by atoms with van der Waals surface area (Å²) in [5.41, 5.74) is 2.48. The van der Waals surface area contributed by atoms with Gasteiger partial charge in [0.15, 0.2) is 5.78 Å². The zero-order valence-electron chi connectivity index (χ0n) is 11.1. The summed E-state index contributed by atoms with van der Waals surface area (Å²) >= 11 is 1.56. The van der Waals surface area contributed by atoms with E-state index >= 15 is 0 Å².